The molecule has 0 radical (unpaired) electrons. The number of nitrogens with two attached hydrogens (primary N) is 1. The fourth-order valence-corrected chi connectivity index (χ4v) is 7.49. The largest absolute Gasteiger partial charge is 0.495 e. The van der Waals surface area contributed by atoms with Gasteiger partial charge in [0.15, 0.2) is 0 Å². The van der Waals surface area contributed by atoms with E-state index in [1.54, 1.807) is 18.2 Å². The Labute approximate surface area is 261 Å². The summed E-state index contributed by atoms with van der Waals surface area (Å²) in [6.45, 7) is 2.93. The molecule has 4 N–H and O–H groups in total. The minimum atomic E-state index is -4.43. The molecular weight excluding hydrogens is 607 g/mol. The minimum Gasteiger partial charge on any atom is -0.495 e. The van der Waals surface area contributed by atoms with Crippen molar-refractivity contribution in [3.05, 3.63) is 48.2 Å². The lowest BCUT2D eigenvalue weighted by Gasteiger charge is -2.35. The number of anilines is 2. The molecule has 2 unspecified atom stereocenters. The minimum absolute atomic E-state index is 0.0819. The Kier molecular flexibility index (Phi) is 8.94. The van der Waals surface area contributed by atoms with Crippen LogP contribution in [0.25, 0.3) is 10.9 Å². The molecule has 45 heavy (non-hydrogen) atoms. The summed E-state index contributed by atoms with van der Waals surface area (Å²) >= 11 is 0. The van der Waals surface area contributed by atoms with Gasteiger partial charge < -0.3 is 24.7 Å². The van der Waals surface area contributed by atoms with E-state index in [0.29, 0.717) is 34.5 Å². The van der Waals surface area contributed by atoms with Crippen LogP contribution in [-0.4, -0.2) is 76.1 Å². The molecule has 9 nitrogen and oxygen atoms in total. The second kappa shape index (κ2) is 12.7. The number of hydrogen-bond acceptors (Lipinski definition) is 7. The number of hydrogen-bond donors (Lipinski definition) is 3. The molecule has 3 heterocycles. The van der Waals surface area contributed by atoms with Gasteiger partial charge in [-0.2, -0.15) is 13.2 Å². The van der Waals surface area contributed by atoms with Gasteiger partial charge in [-0.3, -0.25) is 4.90 Å². The van der Waals surface area contributed by atoms with Gasteiger partial charge in [-0.15, -0.1) is 0 Å². The van der Waals surface area contributed by atoms with Crippen LogP contribution >= 0.6 is 0 Å². The van der Waals surface area contributed by atoms with Gasteiger partial charge in [-0.1, -0.05) is 12.0 Å². The van der Waals surface area contributed by atoms with Crippen molar-refractivity contribution in [2.45, 2.75) is 55.4 Å². The van der Waals surface area contributed by atoms with E-state index in [-0.39, 0.29) is 28.9 Å². The zero-order chi connectivity index (χ0) is 31.8. The van der Waals surface area contributed by atoms with E-state index in [2.05, 4.69) is 27.4 Å². The third-order valence-corrected chi connectivity index (χ3v) is 10.1. The Morgan fingerprint density at radius 2 is 1.78 bits per heavy atom. The van der Waals surface area contributed by atoms with Crippen LogP contribution in [0.2, 0.25) is 0 Å². The average molecular weight is 646 g/mol. The molecule has 0 bridgehead atoms. The van der Waals surface area contributed by atoms with Crippen molar-refractivity contribution in [2.24, 2.45) is 17.0 Å². The summed E-state index contributed by atoms with van der Waals surface area (Å²) in [5, 5.41) is 12.6. The normalized spacial score (nSPS) is 23.8. The van der Waals surface area contributed by atoms with Crippen LogP contribution in [0.3, 0.4) is 0 Å². The molecule has 242 valence electrons. The molecule has 0 amide bonds. The van der Waals surface area contributed by atoms with Crippen molar-refractivity contribution in [1.82, 2.24) is 9.47 Å². The van der Waals surface area contributed by atoms with E-state index in [1.807, 2.05) is 6.07 Å². The molecule has 6 rings (SSSR count). The quantitative estimate of drug-likeness (QED) is 0.307. The Bertz CT molecular complexity index is 1700. The van der Waals surface area contributed by atoms with E-state index in [0.717, 1.165) is 57.7 Å². The van der Waals surface area contributed by atoms with Crippen LogP contribution in [0.5, 0.6) is 5.75 Å². The highest BCUT2D eigenvalue weighted by atomic mass is 32.2. The SMILES string of the molecule is COc1cc(S(N)(=O)=O)ccc1NCC#Cc1cc2c(N[C@H]3CC[C@H](N4CC5COCC5C4)CC3)cccc2n1CC(F)(F)F. The summed E-state index contributed by atoms with van der Waals surface area (Å²) < 4.78 is 76.4. The van der Waals surface area contributed by atoms with Crippen molar-refractivity contribution >= 4 is 32.3 Å². The van der Waals surface area contributed by atoms with Gasteiger partial charge in [0.25, 0.3) is 0 Å². The number of methoxy groups -OCH3 is 1. The highest BCUT2D eigenvalue weighted by molar-refractivity contribution is 7.89. The fraction of sp³-hybridized carbons (Fsp3) is 0.500. The first-order valence-corrected chi connectivity index (χ1v) is 16.7. The zero-order valence-corrected chi connectivity index (χ0v) is 25.9. The molecule has 3 aromatic rings. The van der Waals surface area contributed by atoms with Gasteiger partial charge in [-0.25, -0.2) is 13.6 Å². The highest BCUT2D eigenvalue weighted by Crippen LogP contribution is 2.36. The second-order valence-electron chi connectivity index (χ2n) is 12.2. The number of primary sulfonamides is 1. The van der Waals surface area contributed by atoms with E-state index in [4.69, 9.17) is 14.6 Å². The number of ether oxygens (including phenoxy) is 2. The smallest absolute Gasteiger partial charge is 0.406 e. The van der Waals surface area contributed by atoms with Crippen molar-refractivity contribution in [2.75, 3.05) is 50.6 Å². The summed E-state index contributed by atoms with van der Waals surface area (Å²) in [6.07, 6.45) is -0.217. The van der Waals surface area contributed by atoms with Crippen LogP contribution in [0.1, 0.15) is 31.4 Å². The molecule has 1 saturated carbocycles. The molecule has 1 aliphatic carbocycles. The molecule has 13 heteroatoms. The maximum absolute atomic E-state index is 13.7. The Hall–Kier alpha value is -3.44. The number of halogens is 3. The predicted molar refractivity (Wildman–Crippen MR) is 167 cm³/mol. The predicted octanol–water partition coefficient (Wildman–Crippen LogP) is 4.62. The third kappa shape index (κ3) is 7.19. The number of fused-ring (bicyclic) bond motifs is 2. The van der Waals surface area contributed by atoms with Crippen LogP contribution in [0.4, 0.5) is 24.5 Å². The van der Waals surface area contributed by atoms with Crippen molar-refractivity contribution in [3.63, 3.8) is 0 Å². The number of rotatable bonds is 8. The zero-order valence-electron chi connectivity index (χ0n) is 25.1. The summed E-state index contributed by atoms with van der Waals surface area (Å²) in [7, 11) is -2.52. The maximum atomic E-state index is 13.7. The molecule has 1 aromatic heterocycles. The molecule has 2 aromatic carbocycles. The Morgan fingerprint density at radius 3 is 2.44 bits per heavy atom. The number of alkyl halides is 3. The van der Waals surface area contributed by atoms with Crippen LogP contribution in [-0.2, 0) is 21.3 Å². The molecule has 2 atom stereocenters. The van der Waals surface area contributed by atoms with Gasteiger partial charge >= 0.3 is 6.18 Å². The maximum Gasteiger partial charge on any atom is 0.406 e. The number of aromatic nitrogens is 1. The lowest BCUT2D eigenvalue weighted by atomic mass is 9.90. The number of likely N-dealkylation sites (tertiary alicyclic amines) is 1. The van der Waals surface area contributed by atoms with Crippen LogP contribution < -0.4 is 20.5 Å². The number of benzene rings is 2. The van der Waals surface area contributed by atoms with Crippen LogP contribution in [0, 0.1) is 23.7 Å². The number of nitrogens with one attached hydrogen (secondary N) is 2. The molecule has 2 aliphatic heterocycles. The third-order valence-electron chi connectivity index (χ3n) is 9.21. The van der Waals surface area contributed by atoms with Gasteiger partial charge in [0.05, 0.1) is 48.7 Å². The monoisotopic (exact) mass is 645 g/mol. The average Bonchev–Trinajstić information content (AvgIpc) is 3.69. The first-order chi connectivity index (χ1) is 21.5. The number of nitrogens with zero attached hydrogens (tertiary/aromatic N) is 2. The van der Waals surface area contributed by atoms with E-state index < -0.39 is 22.7 Å². The second-order valence-corrected chi connectivity index (χ2v) is 13.8. The molecule has 2 saturated heterocycles. The first kappa shape index (κ1) is 31.5. The van der Waals surface area contributed by atoms with Crippen molar-refractivity contribution in [1.29, 1.82) is 0 Å². The standard InChI is InChI=1S/C32H38F3N5O4S/c1-43-31-15-26(45(36,41)42)11-12-29(31)37-13-3-4-25-14-27-28(5-2-6-30(27)40(25)20-32(33,34)35)38-23-7-9-24(10-8-23)39-16-21-18-44-19-22(21)17-39/h2,5-6,11-12,14-15,21-24,37-38H,7-10,13,16-20H2,1H3,(H2,36,41,42)/t21?,22?,23-,24-. The summed E-state index contributed by atoms with van der Waals surface area (Å²) in [5.74, 6) is 7.38. The summed E-state index contributed by atoms with van der Waals surface area (Å²) in [4.78, 5) is 2.54. The lowest BCUT2D eigenvalue weighted by molar-refractivity contribution is -0.140. The van der Waals surface area contributed by atoms with E-state index in [9.17, 15) is 21.6 Å². The Balaban J connectivity index is 1.16. The topological polar surface area (TPSA) is 111 Å². The van der Waals surface area contributed by atoms with Gasteiger partial charge in [0, 0.05) is 54.1 Å². The van der Waals surface area contributed by atoms with Gasteiger partial charge in [0.2, 0.25) is 10.0 Å². The fourth-order valence-electron chi connectivity index (χ4n) is 6.96. The van der Waals surface area contributed by atoms with Crippen LogP contribution in [0.15, 0.2) is 47.4 Å². The lowest BCUT2D eigenvalue weighted by Crippen LogP contribution is -2.40. The van der Waals surface area contributed by atoms with Gasteiger partial charge in [-0.05, 0) is 61.9 Å². The van der Waals surface area contributed by atoms with E-state index in [1.165, 1.54) is 29.9 Å². The van der Waals surface area contributed by atoms with Gasteiger partial charge in [0.1, 0.15) is 12.3 Å². The first-order valence-electron chi connectivity index (χ1n) is 15.2. The summed E-state index contributed by atoms with van der Waals surface area (Å²) in [6, 6.07) is 12.1. The summed E-state index contributed by atoms with van der Waals surface area (Å²) in [5.41, 5.74) is 2.00. The molecule has 3 fully saturated rings. The molecular formula is C32H38F3N5O4S. The highest BCUT2D eigenvalue weighted by Gasteiger charge is 2.40. The molecule has 0 spiro atoms. The Morgan fingerprint density at radius 1 is 1.04 bits per heavy atom. The van der Waals surface area contributed by atoms with E-state index >= 15 is 0 Å². The number of sulfonamides is 1. The molecule has 3 aliphatic rings. The van der Waals surface area contributed by atoms with Crippen molar-refractivity contribution < 1.29 is 31.1 Å². The van der Waals surface area contributed by atoms with Crippen molar-refractivity contribution in [3.8, 4) is 17.6 Å².